The topological polar surface area (TPSA) is 41.1 Å². The Morgan fingerprint density at radius 1 is 1.25 bits per heavy atom. The monoisotopic (exact) mass is 220 g/mol. The molecule has 0 bridgehead atoms. The van der Waals surface area contributed by atoms with Crippen LogP contribution in [0.2, 0.25) is 0 Å². The number of amides is 1. The second-order valence-corrected chi connectivity index (χ2v) is 4.18. The maximum absolute atomic E-state index is 11.7. The maximum atomic E-state index is 11.7. The highest BCUT2D eigenvalue weighted by molar-refractivity contribution is 5.94. The summed E-state index contributed by atoms with van der Waals surface area (Å²) >= 11 is 0. The Morgan fingerprint density at radius 2 is 1.88 bits per heavy atom. The Kier molecular flexibility index (Phi) is 4.99. The molecule has 0 aliphatic rings. The molecule has 1 aromatic rings. The van der Waals surface area contributed by atoms with Crippen molar-refractivity contribution < 1.29 is 4.79 Å². The first-order chi connectivity index (χ1) is 7.63. The highest BCUT2D eigenvalue weighted by Gasteiger charge is 2.05. The number of hydrogen-bond donors (Lipinski definition) is 2. The van der Waals surface area contributed by atoms with Crippen LogP contribution in [0.15, 0.2) is 24.3 Å². The molecule has 1 amide bonds. The molecule has 0 heterocycles. The van der Waals surface area contributed by atoms with Crippen molar-refractivity contribution in [1.29, 1.82) is 0 Å². The van der Waals surface area contributed by atoms with Crippen LogP contribution in [0.4, 0.5) is 0 Å². The maximum Gasteiger partial charge on any atom is 0.251 e. The summed E-state index contributed by atoms with van der Waals surface area (Å²) in [6, 6.07) is 7.95. The summed E-state index contributed by atoms with van der Waals surface area (Å²) in [6.07, 6.45) is 0.989. The Hall–Kier alpha value is -1.35. The third kappa shape index (κ3) is 4.03. The zero-order chi connectivity index (χ0) is 12.0. The smallest absolute Gasteiger partial charge is 0.251 e. The lowest BCUT2D eigenvalue weighted by molar-refractivity contribution is 0.0943. The summed E-state index contributed by atoms with van der Waals surface area (Å²) < 4.78 is 0. The van der Waals surface area contributed by atoms with Crippen molar-refractivity contribution in [2.75, 3.05) is 13.6 Å². The number of nitrogens with one attached hydrogen (secondary N) is 2. The number of carbonyl (C=O) groups is 1. The molecule has 0 aliphatic carbocycles. The van der Waals surface area contributed by atoms with Crippen molar-refractivity contribution in [3.63, 3.8) is 0 Å². The normalized spacial score (nSPS) is 10.5. The van der Waals surface area contributed by atoms with E-state index in [2.05, 4.69) is 10.6 Å². The molecule has 1 aromatic carbocycles. The number of benzene rings is 1. The molecule has 0 fully saturated rings. The van der Waals surface area contributed by atoms with Crippen LogP contribution in [0.1, 0.15) is 29.8 Å². The minimum absolute atomic E-state index is 0.00448. The summed E-state index contributed by atoms with van der Waals surface area (Å²) in [5.74, 6) is -0.00448. The Bertz CT molecular complexity index is 330. The molecule has 16 heavy (non-hydrogen) atoms. The summed E-state index contributed by atoms with van der Waals surface area (Å²) in [7, 11) is 1.93. The molecule has 0 radical (unpaired) electrons. The minimum atomic E-state index is -0.00448. The van der Waals surface area contributed by atoms with Gasteiger partial charge in [-0.05, 0) is 51.6 Å². The fourth-order valence-corrected chi connectivity index (χ4v) is 1.44. The lowest BCUT2D eigenvalue weighted by Crippen LogP contribution is -2.30. The zero-order valence-electron chi connectivity index (χ0n) is 10.2. The van der Waals surface area contributed by atoms with Crippen LogP contribution in [-0.2, 0) is 6.42 Å². The Morgan fingerprint density at radius 3 is 2.38 bits per heavy atom. The van der Waals surface area contributed by atoms with Crippen LogP contribution in [0.5, 0.6) is 0 Å². The first kappa shape index (κ1) is 12.7. The lowest BCUT2D eigenvalue weighted by atomic mass is 10.1. The van der Waals surface area contributed by atoms with Crippen LogP contribution >= 0.6 is 0 Å². The largest absolute Gasteiger partial charge is 0.350 e. The van der Waals surface area contributed by atoms with Crippen LogP contribution in [0.25, 0.3) is 0 Å². The molecule has 0 spiro atoms. The van der Waals surface area contributed by atoms with E-state index < -0.39 is 0 Å². The van der Waals surface area contributed by atoms with Crippen molar-refractivity contribution in [2.24, 2.45) is 0 Å². The second-order valence-electron chi connectivity index (χ2n) is 4.18. The van der Waals surface area contributed by atoms with Crippen molar-refractivity contribution in [3.05, 3.63) is 35.4 Å². The van der Waals surface area contributed by atoms with E-state index in [-0.39, 0.29) is 11.9 Å². The van der Waals surface area contributed by atoms with E-state index in [1.54, 1.807) is 0 Å². The van der Waals surface area contributed by atoms with Crippen LogP contribution in [0, 0.1) is 0 Å². The molecule has 0 aromatic heterocycles. The minimum Gasteiger partial charge on any atom is -0.350 e. The molecule has 3 heteroatoms. The van der Waals surface area contributed by atoms with Crippen LogP contribution in [-0.4, -0.2) is 25.5 Å². The zero-order valence-corrected chi connectivity index (χ0v) is 10.2. The van der Waals surface area contributed by atoms with Gasteiger partial charge >= 0.3 is 0 Å². The first-order valence-corrected chi connectivity index (χ1v) is 5.68. The number of likely N-dealkylation sites (N-methyl/N-ethyl adjacent to an activating group) is 1. The van der Waals surface area contributed by atoms with Gasteiger partial charge in [-0.25, -0.2) is 0 Å². The molecule has 2 N–H and O–H groups in total. The van der Waals surface area contributed by atoms with Gasteiger partial charge in [0.25, 0.3) is 5.91 Å². The quantitative estimate of drug-likeness (QED) is 0.791. The Balaban J connectivity index is 2.60. The average molecular weight is 220 g/mol. The predicted octanol–water partition coefficient (Wildman–Crippen LogP) is 1.59. The van der Waals surface area contributed by atoms with E-state index in [4.69, 9.17) is 0 Å². The van der Waals surface area contributed by atoms with Gasteiger partial charge < -0.3 is 10.6 Å². The van der Waals surface area contributed by atoms with E-state index in [1.807, 2.05) is 45.2 Å². The number of rotatable bonds is 5. The highest BCUT2D eigenvalue weighted by Crippen LogP contribution is 2.05. The van der Waals surface area contributed by atoms with Gasteiger partial charge in [-0.15, -0.1) is 0 Å². The fourth-order valence-electron chi connectivity index (χ4n) is 1.44. The molecule has 0 unspecified atom stereocenters. The van der Waals surface area contributed by atoms with E-state index >= 15 is 0 Å². The van der Waals surface area contributed by atoms with Crippen LogP contribution < -0.4 is 10.6 Å². The van der Waals surface area contributed by atoms with Gasteiger partial charge in [-0.2, -0.15) is 0 Å². The third-order valence-corrected chi connectivity index (χ3v) is 2.30. The van der Waals surface area contributed by atoms with Gasteiger partial charge in [-0.1, -0.05) is 12.1 Å². The van der Waals surface area contributed by atoms with Crippen LogP contribution in [0.3, 0.4) is 0 Å². The van der Waals surface area contributed by atoms with Gasteiger partial charge in [0.1, 0.15) is 0 Å². The third-order valence-electron chi connectivity index (χ3n) is 2.30. The first-order valence-electron chi connectivity index (χ1n) is 5.68. The van der Waals surface area contributed by atoms with E-state index in [1.165, 1.54) is 5.56 Å². The molecular formula is C13H20N2O. The predicted molar refractivity (Wildman–Crippen MR) is 66.7 cm³/mol. The molecule has 0 atom stereocenters. The van der Waals surface area contributed by atoms with Gasteiger partial charge in [0.15, 0.2) is 0 Å². The molecule has 1 rings (SSSR count). The summed E-state index contributed by atoms with van der Waals surface area (Å²) in [5.41, 5.74) is 1.97. The number of hydrogen-bond acceptors (Lipinski definition) is 2. The molecular weight excluding hydrogens is 200 g/mol. The van der Waals surface area contributed by atoms with Crippen molar-refractivity contribution in [2.45, 2.75) is 26.3 Å². The lowest BCUT2D eigenvalue weighted by Gasteiger charge is -2.08. The van der Waals surface area contributed by atoms with Gasteiger partial charge in [0.2, 0.25) is 0 Å². The van der Waals surface area contributed by atoms with Crippen molar-refractivity contribution >= 4 is 5.91 Å². The Labute approximate surface area is 97.2 Å². The van der Waals surface area contributed by atoms with E-state index in [0.29, 0.717) is 0 Å². The standard InChI is InChI=1S/C13H20N2O/c1-10(2)15-13(16)12-6-4-11(5-7-12)8-9-14-3/h4-7,10,14H,8-9H2,1-3H3,(H,15,16). The summed E-state index contributed by atoms with van der Waals surface area (Å²) in [6.45, 7) is 4.87. The van der Waals surface area contributed by atoms with E-state index in [0.717, 1.165) is 18.5 Å². The summed E-state index contributed by atoms with van der Waals surface area (Å²) in [5, 5.41) is 5.97. The molecule has 0 saturated carbocycles. The second kappa shape index (κ2) is 6.28. The average Bonchev–Trinajstić information content (AvgIpc) is 2.26. The molecule has 3 nitrogen and oxygen atoms in total. The van der Waals surface area contributed by atoms with E-state index in [9.17, 15) is 4.79 Å². The molecule has 0 saturated heterocycles. The van der Waals surface area contributed by atoms with Gasteiger partial charge in [0, 0.05) is 11.6 Å². The number of carbonyl (C=O) groups excluding carboxylic acids is 1. The fraction of sp³-hybridized carbons (Fsp3) is 0.462. The van der Waals surface area contributed by atoms with Crippen molar-refractivity contribution in [3.8, 4) is 0 Å². The SMILES string of the molecule is CNCCc1ccc(C(=O)NC(C)C)cc1. The molecule has 88 valence electrons. The van der Waals surface area contributed by atoms with Gasteiger partial charge in [-0.3, -0.25) is 4.79 Å². The summed E-state index contributed by atoms with van der Waals surface area (Å²) in [4.78, 5) is 11.7. The van der Waals surface area contributed by atoms with Crippen molar-refractivity contribution in [1.82, 2.24) is 10.6 Å². The van der Waals surface area contributed by atoms with Gasteiger partial charge in [0.05, 0.1) is 0 Å². The molecule has 0 aliphatic heterocycles. The highest BCUT2D eigenvalue weighted by atomic mass is 16.1.